The van der Waals surface area contributed by atoms with Crippen molar-refractivity contribution in [2.75, 3.05) is 0 Å². The van der Waals surface area contributed by atoms with E-state index in [1.54, 1.807) is 0 Å². The standard InChI is InChI=1S/C33H46ClF/c1-3-5-6-7-25-12-19-29(20-13-25)31-23-22-30(32(34)33(31)35)21-14-26-10-17-28(18-11-26)27-15-8-24(4-2)9-16-27/h10-11,17-18,22-25,27,29H,3-9,12-16,19-21H2,1-2H3. The molecular formula is C33H46ClF. The van der Waals surface area contributed by atoms with Crippen molar-refractivity contribution >= 4 is 11.6 Å². The molecule has 0 bridgehead atoms. The van der Waals surface area contributed by atoms with Crippen LogP contribution in [-0.4, -0.2) is 0 Å². The van der Waals surface area contributed by atoms with Gasteiger partial charge in [0.2, 0.25) is 0 Å². The maximum absolute atomic E-state index is 15.3. The van der Waals surface area contributed by atoms with Crippen molar-refractivity contribution in [2.24, 2.45) is 11.8 Å². The Hall–Kier alpha value is -1.34. The molecule has 192 valence electrons. The largest absolute Gasteiger partial charge is 0.205 e. The van der Waals surface area contributed by atoms with Crippen molar-refractivity contribution in [2.45, 2.75) is 122 Å². The van der Waals surface area contributed by atoms with E-state index in [4.69, 9.17) is 11.6 Å². The maximum atomic E-state index is 15.3. The van der Waals surface area contributed by atoms with Crippen LogP contribution in [0.15, 0.2) is 36.4 Å². The molecule has 0 nitrogen and oxygen atoms in total. The SMILES string of the molecule is CCCCCC1CCC(c2ccc(CCc3ccc(C4CCC(CC)CC4)cc3)c(Cl)c2F)CC1. The third-order valence-corrected chi connectivity index (χ3v) is 9.66. The average Bonchev–Trinajstić information content (AvgIpc) is 2.91. The Labute approximate surface area is 219 Å². The first-order valence-electron chi connectivity index (χ1n) is 14.6. The molecule has 2 fully saturated rings. The normalized spacial score (nSPS) is 25.0. The summed E-state index contributed by atoms with van der Waals surface area (Å²) in [6, 6.07) is 13.3. The number of halogens is 2. The number of hydrogen-bond donors (Lipinski definition) is 0. The molecule has 4 rings (SSSR count). The summed E-state index contributed by atoms with van der Waals surface area (Å²) in [5.41, 5.74) is 4.62. The van der Waals surface area contributed by atoms with Gasteiger partial charge in [0.05, 0.1) is 5.02 Å². The smallest absolute Gasteiger partial charge is 0.145 e. The third kappa shape index (κ3) is 7.12. The second-order valence-electron chi connectivity index (χ2n) is 11.5. The molecule has 0 aliphatic heterocycles. The fourth-order valence-corrected chi connectivity index (χ4v) is 6.96. The van der Waals surface area contributed by atoms with E-state index >= 15 is 4.39 Å². The molecular weight excluding hydrogens is 451 g/mol. The highest BCUT2D eigenvalue weighted by Crippen LogP contribution is 2.41. The Balaban J connectivity index is 1.29. The summed E-state index contributed by atoms with van der Waals surface area (Å²) in [4.78, 5) is 0. The highest BCUT2D eigenvalue weighted by atomic mass is 35.5. The Kier molecular flexibility index (Phi) is 10.1. The van der Waals surface area contributed by atoms with Crippen LogP contribution in [-0.2, 0) is 12.8 Å². The lowest BCUT2D eigenvalue weighted by Gasteiger charge is -2.29. The van der Waals surface area contributed by atoms with Crippen LogP contribution in [0, 0.1) is 17.7 Å². The van der Waals surface area contributed by atoms with Crippen LogP contribution < -0.4 is 0 Å². The van der Waals surface area contributed by atoms with Crippen LogP contribution in [0.4, 0.5) is 4.39 Å². The molecule has 0 saturated heterocycles. The van der Waals surface area contributed by atoms with E-state index in [0.29, 0.717) is 10.9 Å². The van der Waals surface area contributed by atoms with Crippen molar-refractivity contribution in [3.05, 3.63) is 69.5 Å². The molecule has 0 heterocycles. The van der Waals surface area contributed by atoms with Gasteiger partial charge in [-0.3, -0.25) is 0 Å². The number of hydrogen-bond acceptors (Lipinski definition) is 0. The van der Waals surface area contributed by atoms with Gasteiger partial charge < -0.3 is 0 Å². The minimum absolute atomic E-state index is 0.156. The Morgan fingerprint density at radius 1 is 0.743 bits per heavy atom. The fourth-order valence-electron chi connectivity index (χ4n) is 6.70. The quantitative estimate of drug-likeness (QED) is 0.287. The molecule has 35 heavy (non-hydrogen) atoms. The van der Waals surface area contributed by atoms with Crippen molar-refractivity contribution in [3.8, 4) is 0 Å². The van der Waals surface area contributed by atoms with Gasteiger partial charge in [-0.15, -0.1) is 0 Å². The number of unbranched alkanes of at least 4 members (excludes halogenated alkanes) is 2. The zero-order valence-electron chi connectivity index (χ0n) is 22.1. The van der Waals surface area contributed by atoms with Crippen LogP contribution >= 0.6 is 11.6 Å². The van der Waals surface area contributed by atoms with E-state index < -0.39 is 0 Å². The molecule has 0 amide bonds. The average molecular weight is 497 g/mol. The second-order valence-corrected chi connectivity index (χ2v) is 11.9. The minimum Gasteiger partial charge on any atom is -0.205 e. The Morgan fingerprint density at radius 2 is 1.40 bits per heavy atom. The topological polar surface area (TPSA) is 0 Å². The molecule has 0 aromatic heterocycles. The van der Waals surface area contributed by atoms with Gasteiger partial charge in [-0.25, -0.2) is 4.39 Å². The van der Waals surface area contributed by atoms with E-state index in [1.165, 1.54) is 81.8 Å². The van der Waals surface area contributed by atoms with Crippen LogP contribution in [0.2, 0.25) is 5.02 Å². The summed E-state index contributed by atoms with van der Waals surface area (Å²) in [5, 5.41) is 0.358. The zero-order valence-corrected chi connectivity index (χ0v) is 22.9. The summed E-state index contributed by atoms with van der Waals surface area (Å²) in [6.45, 7) is 4.59. The summed E-state index contributed by atoms with van der Waals surface area (Å²) in [7, 11) is 0. The van der Waals surface area contributed by atoms with Crippen LogP contribution in [0.1, 0.15) is 131 Å². The highest BCUT2D eigenvalue weighted by Gasteiger charge is 2.26. The molecule has 0 radical (unpaired) electrons. The number of benzene rings is 2. The van der Waals surface area contributed by atoms with E-state index in [2.05, 4.69) is 44.2 Å². The summed E-state index contributed by atoms with van der Waals surface area (Å²) >= 11 is 6.57. The molecule has 2 aliphatic carbocycles. The molecule has 2 aromatic carbocycles. The predicted octanol–water partition coefficient (Wildman–Crippen LogP) is 10.8. The van der Waals surface area contributed by atoms with Crippen molar-refractivity contribution in [3.63, 3.8) is 0 Å². The molecule has 0 unspecified atom stereocenters. The summed E-state index contributed by atoms with van der Waals surface area (Å²) in [5.74, 6) is 2.69. The zero-order chi connectivity index (χ0) is 24.6. The lowest BCUT2D eigenvalue weighted by Crippen LogP contribution is -2.15. The monoisotopic (exact) mass is 496 g/mol. The van der Waals surface area contributed by atoms with E-state index in [1.807, 2.05) is 6.07 Å². The van der Waals surface area contributed by atoms with Gasteiger partial charge in [0, 0.05) is 0 Å². The van der Waals surface area contributed by atoms with Gasteiger partial charge >= 0.3 is 0 Å². The third-order valence-electron chi connectivity index (χ3n) is 9.25. The van der Waals surface area contributed by atoms with Gasteiger partial charge in [-0.2, -0.15) is 0 Å². The molecule has 2 heteroatoms. The van der Waals surface area contributed by atoms with E-state index in [0.717, 1.165) is 54.6 Å². The number of aryl methyl sites for hydroxylation is 2. The Bertz CT molecular complexity index is 901. The maximum Gasteiger partial charge on any atom is 0.145 e. The van der Waals surface area contributed by atoms with E-state index in [-0.39, 0.29) is 5.82 Å². The van der Waals surface area contributed by atoms with Crippen LogP contribution in [0.25, 0.3) is 0 Å². The van der Waals surface area contributed by atoms with Gasteiger partial charge in [0.15, 0.2) is 0 Å². The highest BCUT2D eigenvalue weighted by molar-refractivity contribution is 6.31. The molecule has 0 atom stereocenters. The lowest BCUT2D eigenvalue weighted by molar-refractivity contribution is 0.299. The van der Waals surface area contributed by atoms with Crippen molar-refractivity contribution in [1.29, 1.82) is 0 Å². The second kappa shape index (κ2) is 13.3. The molecule has 2 saturated carbocycles. The summed E-state index contributed by atoms with van der Waals surface area (Å²) < 4.78 is 15.3. The predicted molar refractivity (Wildman–Crippen MR) is 149 cm³/mol. The van der Waals surface area contributed by atoms with Gasteiger partial charge in [0.25, 0.3) is 0 Å². The first-order valence-corrected chi connectivity index (χ1v) is 15.0. The van der Waals surface area contributed by atoms with Gasteiger partial charge in [-0.05, 0) is 110 Å². The number of rotatable bonds is 10. The lowest BCUT2D eigenvalue weighted by atomic mass is 9.76. The molecule has 0 spiro atoms. The fraction of sp³-hybridized carbons (Fsp3) is 0.636. The molecule has 2 aliphatic rings. The first-order chi connectivity index (χ1) is 17.1. The Morgan fingerprint density at radius 3 is 2.06 bits per heavy atom. The molecule has 0 N–H and O–H groups in total. The van der Waals surface area contributed by atoms with Crippen LogP contribution in [0.3, 0.4) is 0 Å². The van der Waals surface area contributed by atoms with Gasteiger partial charge in [-0.1, -0.05) is 94.0 Å². The van der Waals surface area contributed by atoms with Crippen molar-refractivity contribution in [1.82, 2.24) is 0 Å². The molecule has 2 aromatic rings. The minimum atomic E-state index is -0.156. The summed E-state index contributed by atoms with van der Waals surface area (Å²) in [6.07, 6.45) is 18.5. The van der Waals surface area contributed by atoms with Crippen LogP contribution in [0.5, 0.6) is 0 Å². The van der Waals surface area contributed by atoms with Gasteiger partial charge in [0.1, 0.15) is 5.82 Å². The van der Waals surface area contributed by atoms with E-state index in [9.17, 15) is 0 Å². The first kappa shape index (κ1) is 26.7. The van der Waals surface area contributed by atoms with Crippen molar-refractivity contribution < 1.29 is 4.39 Å².